The van der Waals surface area contributed by atoms with E-state index < -0.39 is 15.7 Å². The Morgan fingerprint density at radius 2 is 2.08 bits per heavy atom. The molecule has 3 heterocycles. The molecule has 0 atom stereocenters. The highest BCUT2D eigenvalue weighted by atomic mass is 35.5. The summed E-state index contributed by atoms with van der Waals surface area (Å²) in [7, 11) is -3.81. The molecule has 0 aliphatic carbocycles. The Bertz CT molecular complexity index is 1110. The minimum absolute atomic E-state index is 0.164. The molecule has 3 rings (SSSR count). The van der Waals surface area contributed by atoms with Crippen molar-refractivity contribution >= 4 is 27.5 Å². The minimum Gasteiger partial charge on any atom is -0.341 e. The SMILES string of the molecule is CCCS(=O)(=O)Oc1nc2n(Cc3ccc(Cl)nc3)c(C)cc(=O)n2n1. The summed E-state index contributed by atoms with van der Waals surface area (Å²) in [6.45, 7) is 3.80. The van der Waals surface area contributed by atoms with Crippen LogP contribution in [0, 0.1) is 6.92 Å². The van der Waals surface area contributed by atoms with E-state index in [1.165, 1.54) is 6.07 Å². The zero-order valence-electron chi connectivity index (χ0n) is 14.1. The second-order valence-corrected chi connectivity index (χ2v) is 7.73. The van der Waals surface area contributed by atoms with Crippen LogP contribution in [0.1, 0.15) is 24.6 Å². The van der Waals surface area contributed by atoms with Gasteiger partial charge in [-0.2, -0.15) is 17.9 Å². The maximum absolute atomic E-state index is 12.2. The van der Waals surface area contributed by atoms with Crippen molar-refractivity contribution in [1.29, 1.82) is 0 Å². The lowest BCUT2D eigenvalue weighted by Crippen LogP contribution is -2.20. The Hall–Kier alpha value is -2.46. The van der Waals surface area contributed by atoms with Crippen LogP contribution in [-0.4, -0.2) is 38.3 Å². The quantitative estimate of drug-likeness (QED) is 0.457. The third-order valence-corrected chi connectivity index (χ3v) is 5.10. The summed E-state index contributed by atoms with van der Waals surface area (Å²) in [5.41, 5.74) is 1.03. The lowest BCUT2D eigenvalue weighted by Gasteiger charge is -2.11. The lowest BCUT2D eigenvalue weighted by atomic mass is 10.3. The number of nitrogens with zero attached hydrogens (tertiary/aromatic N) is 5. The Labute approximate surface area is 154 Å². The van der Waals surface area contributed by atoms with Gasteiger partial charge in [0, 0.05) is 18.0 Å². The molecule has 0 saturated carbocycles. The smallest absolute Gasteiger partial charge is 0.341 e. The van der Waals surface area contributed by atoms with Gasteiger partial charge in [-0.05, 0) is 25.0 Å². The van der Waals surface area contributed by atoms with Gasteiger partial charge in [-0.25, -0.2) is 4.98 Å². The maximum Gasteiger partial charge on any atom is 0.353 e. The molecule has 0 unspecified atom stereocenters. The molecule has 0 amide bonds. The molecule has 0 aliphatic rings. The first-order valence-electron chi connectivity index (χ1n) is 7.79. The number of halogens is 1. The zero-order valence-corrected chi connectivity index (χ0v) is 15.7. The first-order chi connectivity index (χ1) is 12.3. The van der Waals surface area contributed by atoms with Crippen LogP contribution in [0.3, 0.4) is 0 Å². The van der Waals surface area contributed by atoms with E-state index in [0.717, 1.165) is 10.1 Å². The number of fused-ring (bicyclic) bond motifs is 1. The van der Waals surface area contributed by atoms with Gasteiger partial charge in [-0.15, -0.1) is 5.10 Å². The summed E-state index contributed by atoms with van der Waals surface area (Å²) in [4.78, 5) is 20.3. The molecule has 9 nitrogen and oxygen atoms in total. The number of aryl methyl sites for hydroxylation is 1. The van der Waals surface area contributed by atoms with E-state index in [-0.39, 0.29) is 17.5 Å². The van der Waals surface area contributed by atoms with Crippen molar-refractivity contribution in [3.8, 4) is 6.01 Å². The molecule has 0 fully saturated rings. The number of pyridine rings is 1. The van der Waals surface area contributed by atoms with Crippen molar-refractivity contribution in [2.75, 3.05) is 5.75 Å². The molecule has 0 radical (unpaired) electrons. The van der Waals surface area contributed by atoms with E-state index in [0.29, 0.717) is 23.8 Å². The van der Waals surface area contributed by atoms with Crippen molar-refractivity contribution in [3.05, 3.63) is 51.2 Å². The molecule has 0 aromatic carbocycles. The second kappa shape index (κ2) is 7.04. The van der Waals surface area contributed by atoms with E-state index in [1.54, 1.807) is 36.7 Å². The van der Waals surface area contributed by atoms with Crippen LogP contribution < -0.4 is 9.74 Å². The third kappa shape index (κ3) is 3.86. The summed E-state index contributed by atoms with van der Waals surface area (Å²) in [5, 5.41) is 4.24. The lowest BCUT2D eigenvalue weighted by molar-refractivity contribution is 0.463. The molecular weight excluding hydrogens is 382 g/mol. The highest BCUT2D eigenvalue weighted by Crippen LogP contribution is 2.14. The molecule has 0 bridgehead atoms. The van der Waals surface area contributed by atoms with Crippen LogP contribution in [0.2, 0.25) is 5.15 Å². The van der Waals surface area contributed by atoms with E-state index in [2.05, 4.69) is 15.1 Å². The standard InChI is InChI=1S/C15H16ClN5O4S/c1-3-6-26(23,24)25-14-18-15-20(9-11-4-5-12(16)17-8-11)10(2)7-13(22)21(15)19-14/h4-5,7-8H,3,6,9H2,1-2H3. The van der Waals surface area contributed by atoms with Gasteiger partial charge in [-0.1, -0.05) is 24.6 Å². The van der Waals surface area contributed by atoms with E-state index >= 15 is 0 Å². The maximum atomic E-state index is 12.2. The highest BCUT2D eigenvalue weighted by molar-refractivity contribution is 7.87. The fourth-order valence-corrected chi connectivity index (χ4v) is 3.39. The molecule has 0 aliphatic heterocycles. The van der Waals surface area contributed by atoms with Crippen molar-refractivity contribution in [2.45, 2.75) is 26.8 Å². The van der Waals surface area contributed by atoms with Crippen LogP contribution in [0.25, 0.3) is 5.78 Å². The van der Waals surface area contributed by atoms with Crippen LogP contribution in [-0.2, 0) is 16.7 Å². The second-order valence-electron chi connectivity index (χ2n) is 5.65. The first-order valence-corrected chi connectivity index (χ1v) is 9.74. The third-order valence-electron chi connectivity index (χ3n) is 3.56. The first kappa shape index (κ1) is 18.3. The van der Waals surface area contributed by atoms with Crippen molar-refractivity contribution < 1.29 is 12.6 Å². The average molecular weight is 398 g/mol. The molecule has 3 aromatic rings. The Kier molecular flexibility index (Phi) is 4.97. The summed E-state index contributed by atoms with van der Waals surface area (Å²) in [6.07, 6.45) is 2.00. The van der Waals surface area contributed by atoms with Crippen LogP contribution in [0.4, 0.5) is 0 Å². The van der Waals surface area contributed by atoms with Gasteiger partial charge in [0.25, 0.3) is 5.56 Å². The van der Waals surface area contributed by atoms with Gasteiger partial charge < -0.3 is 8.75 Å². The summed E-state index contributed by atoms with van der Waals surface area (Å²) in [6, 6.07) is 4.45. The average Bonchev–Trinajstić information content (AvgIpc) is 2.96. The summed E-state index contributed by atoms with van der Waals surface area (Å²) < 4.78 is 31.2. The van der Waals surface area contributed by atoms with Gasteiger partial charge in [-0.3, -0.25) is 4.79 Å². The number of hydrogen-bond acceptors (Lipinski definition) is 7. The summed E-state index contributed by atoms with van der Waals surface area (Å²) in [5.74, 6) is 0.00839. The molecule has 0 spiro atoms. The predicted molar refractivity (Wildman–Crippen MR) is 95.0 cm³/mol. The molecule has 3 aromatic heterocycles. The molecular formula is C15H16ClN5O4S. The van der Waals surface area contributed by atoms with Crippen molar-refractivity contribution in [1.82, 2.24) is 24.1 Å². The van der Waals surface area contributed by atoms with Gasteiger partial charge in [0.15, 0.2) is 0 Å². The Balaban J connectivity index is 2.05. The van der Waals surface area contributed by atoms with E-state index in [4.69, 9.17) is 15.8 Å². The van der Waals surface area contributed by atoms with Crippen LogP contribution >= 0.6 is 11.6 Å². The van der Waals surface area contributed by atoms with Crippen molar-refractivity contribution in [2.24, 2.45) is 0 Å². The molecule has 26 heavy (non-hydrogen) atoms. The van der Waals surface area contributed by atoms with Crippen LogP contribution in [0.15, 0.2) is 29.2 Å². The number of rotatable bonds is 6. The molecule has 0 saturated heterocycles. The number of hydrogen-bond donors (Lipinski definition) is 0. The van der Waals surface area contributed by atoms with Gasteiger partial charge in [0.2, 0.25) is 5.78 Å². The molecule has 11 heteroatoms. The zero-order chi connectivity index (χ0) is 18.9. The summed E-state index contributed by atoms with van der Waals surface area (Å²) >= 11 is 5.79. The normalized spacial score (nSPS) is 11.8. The molecule has 0 N–H and O–H groups in total. The van der Waals surface area contributed by atoms with Crippen LogP contribution in [0.5, 0.6) is 6.01 Å². The van der Waals surface area contributed by atoms with Gasteiger partial charge >= 0.3 is 16.1 Å². The predicted octanol–water partition coefficient (Wildman–Crippen LogP) is 1.41. The Morgan fingerprint density at radius 1 is 1.31 bits per heavy atom. The fourth-order valence-electron chi connectivity index (χ4n) is 2.40. The Morgan fingerprint density at radius 3 is 2.73 bits per heavy atom. The van der Waals surface area contributed by atoms with Gasteiger partial charge in [0.05, 0.1) is 12.3 Å². The molecule has 138 valence electrons. The topological polar surface area (TPSA) is 108 Å². The monoisotopic (exact) mass is 397 g/mol. The van der Waals surface area contributed by atoms with Gasteiger partial charge in [0.1, 0.15) is 5.15 Å². The largest absolute Gasteiger partial charge is 0.353 e. The van der Waals surface area contributed by atoms with Crippen molar-refractivity contribution in [3.63, 3.8) is 0 Å². The fraction of sp³-hybridized carbons (Fsp3) is 0.333. The van der Waals surface area contributed by atoms with E-state index in [9.17, 15) is 13.2 Å². The number of aromatic nitrogens is 5. The van der Waals surface area contributed by atoms with E-state index in [1.807, 2.05) is 0 Å². The highest BCUT2D eigenvalue weighted by Gasteiger charge is 2.18. The minimum atomic E-state index is -3.81.